The van der Waals surface area contributed by atoms with Crippen molar-refractivity contribution >= 4 is 23.2 Å². The molecule has 0 aliphatic carbocycles. The van der Waals surface area contributed by atoms with Gasteiger partial charge in [-0.1, -0.05) is 25.4 Å². The van der Waals surface area contributed by atoms with Gasteiger partial charge in [0.1, 0.15) is 11.3 Å². The number of carbonyl (C=O) groups is 1. The average Bonchev–Trinajstić information content (AvgIpc) is 2.42. The van der Waals surface area contributed by atoms with Crippen LogP contribution in [0.1, 0.15) is 30.6 Å². The van der Waals surface area contributed by atoms with Crippen LogP contribution in [-0.2, 0) is 0 Å². The van der Waals surface area contributed by atoms with Crippen LogP contribution in [-0.4, -0.2) is 33.8 Å². The van der Waals surface area contributed by atoms with Crippen LogP contribution in [0.15, 0.2) is 12.3 Å². The zero-order valence-corrected chi connectivity index (χ0v) is 12.5. The second-order valence-electron chi connectivity index (χ2n) is 4.84. The summed E-state index contributed by atoms with van der Waals surface area (Å²) in [5.74, 6) is -0.266. The summed E-state index contributed by atoms with van der Waals surface area (Å²) in [4.78, 5) is 27.7. The maximum Gasteiger partial charge on any atom is 0.288 e. The van der Waals surface area contributed by atoms with Crippen LogP contribution in [0.3, 0.4) is 0 Å². The standard InChI is InChI=1S/C13H15ClN4O3/c1-9(2)8-17(5-3-4-15)13(19)11-6-10(18(20)21)7-16-12(11)14/h6-7,9H,3,5,8H2,1-2H3. The number of hydrogen-bond donors (Lipinski definition) is 0. The summed E-state index contributed by atoms with van der Waals surface area (Å²) in [7, 11) is 0. The molecule has 0 spiro atoms. The van der Waals surface area contributed by atoms with Crippen molar-refractivity contribution in [2.45, 2.75) is 20.3 Å². The number of nitro groups is 1. The zero-order valence-electron chi connectivity index (χ0n) is 11.7. The van der Waals surface area contributed by atoms with E-state index in [0.29, 0.717) is 6.54 Å². The van der Waals surface area contributed by atoms with Crippen LogP contribution in [0, 0.1) is 27.4 Å². The minimum atomic E-state index is -0.637. The van der Waals surface area contributed by atoms with Gasteiger partial charge in [-0.25, -0.2) is 4.98 Å². The lowest BCUT2D eigenvalue weighted by molar-refractivity contribution is -0.385. The Morgan fingerprint density at radius 1 is 1.62 bits per heavy atom. The average molecular weight is 311 g/mol. The van der Waals surface area contributed by atoms with Crippen molar-refractivity contribution in [3.05, 3.63) is 33.1 Å². The number of pyridine rings is 1. The monoisotopic (exact) mass is 310 g/mol. The molecule has 0 aliphatic rings. The van der Waals surface area contributed by atoms with E-state index in [-0.39, 0.29) is 35.3 Å². The molecule has 0 N–H and O–H groups in total. The first-order chi connectivity index (χ1) is 9.86. The molecule has 1 rings (SSSR count). The Morgan fingerprint density at radius 2 is 2.29 bits per heavy atom. The fourth-order valence-corrected chi connectivity index (χ4v) is 1.94. The van der Waals surface area contributed by atoms with Crippen LogP contribution in [0.4, 0.5) is 5.69 Å². The number of nitriles is 1. The zero-order chi connectivity index (χ0) is 16.0. The van der Waals surface area contributed by atoms with E-state index in [1.807, 2.05) is 19.9 Å². The maximum atomic E-state index is 12.5. The summed E-state index contributed by atoms with van der Waals surface area (Å²) in [6.07, 6.45) is 1.18. The van der Waals surface area contributed by atoms with E-state index >= 15 is 0 Å². The molecular weight excluding hydrogens is 296 g/mol. The Balaban J connectivity index is 3.10. The highest BCUT2D eigenvalue weighted by molar-refractivity contribution is 6.32. The van der Waals surface area contributed by atoms with Gasteiger partial charge in [0.25, 0.3) is 11.6 Å². The molecule has 0 aliphatic heterocycles. The van der Waals surface area contributed by atoms with E-state index in [1.165, 1.54) is 4.90 Å². The minimum absolute atomic E-state index is 0.0237. The van der Waals surface area contributed by atoms with Crippen molar-refractivity contribution in [2.75, 3.05) is 13.1 Å². The van der Waals surface area contributed by atoms with Crippen molar-refractivity contribution in [1.82, 2.24) is 9.88 Å². The quantitative estimate of drug-likeness (QED) is 0.457. The van der Waals surface area contributed by atoms with Crippen LogP contribution in [0.5, 0.6) is 0 Å². The lowest BCUT2D eigenvalue weighted by Crippen LogP contribution is -2.35. The summed E-state index contributed by atoms with van der Waals surface area (Å²) >= 11 is 5.86. The third kappa shape index (κ3) is 4.68. The van der Waals surface area contributed by atoms with Gasteiger partial charge in [0.2, 0.25) is 0 Å². The topological polar surface area (TPSA) is 100 Å². The molecule has 1 heterocycles. The number of rotatable bonds is 6. The highest BCUT2D eigenvalue weighted by Gasteiger charge is 2.22. The van der Waals surface area contributed by atoms with Crippen molar-refractivity contribution in [3.63, 3.8) is 0 Å². The Labute approximate surface area is 127 Å². The molecule has 7 nitrogen and oxygen atoms in total. The molecule has 0 saturated heterocycles. The summed E-state index contributed by atoms with van der Waals surface area (Å²) in [6, 6.07) is 3.08. The van der Waals surface area contributed by atoms with Gasteiger partial charge in [-0.05, 0) is 5.92 Å². The van der Waals surface area contributed by atoms with Crippen molar-refractivity contribution < 1.29 is 9.72 Å². The number of hydrogen-bond acceptors (Lipinski definition) is 5. The lowest BCUT2D eigenvalue weighted by atomic mass is 10.1. The fourth-order valence-electron chi connectivity index (χ4n) is 1.76. The molecule has 1 aromatic heterocycles. The predicted octanol–water partition coefficient (Wildman–Crippen LogP) is 2.66. The van der Waals surface area contributed by atoms with E-state index in [2.05, 4.69) is 4.98 Å². The van der Waals surface area contributed by atoms with Gasteiger partial charge in [0.05, 0.1) is 23.0 Å². The van der Waals surface area contributed by atoms with Crippen LogP contribution < -0.4 is 0 Å². The van der Waals surface area contributed by atoms with Crippen molar-refractivity contribution in [1.29, 1.82) is 5.26 Å². The number of aromatic nitrogens is 1. The lowest BCUT2D eigenvalue weighted by Gasteiger charge is -2.23. The molecule has 21 heavy (non-hydrogen) atoms. The molecule has 0 bridgehead atoms. The fraction of sp³-hybridized carbons (Fsp3) is 0.462. The predicted molar refractivity (Wildman–Crippen MR) is 76.9 cm³/mol. The highest BCUT2D eigenvalue weighted by atomic mass is 35.5. The molecule has 0 saturated carbocycles. The number of amides is 1. The third-order valence-corrected chi connectivity index (χ3v) is 2.93. The second kappa shape index (κ2) is 7.55. The Kier molecular flexibility index (Phi) is 6.06. The Hall–Kier alpha value is -2.20. The van der Waals surface area contributed by atoms with Crippen LogP contribution in [0.25, 0.3) is 0 Å². The number of nitrogens with zero attached hydrogens (tertiary/aromatic N) is 4. The van der Waals surface area contributed by atoms with E-state index in [0.717, 1.165) is 12.3 Å². The summed E-state index contributed by atoms with van der Waals surface area (Å²) in [5.41, 5.74) is -0.322. The molecule has 0 unspecified atom stereocenters. The summed E-state index contributed by atoms with van der Waals surface area (Å²) in [5, 5.41) is 19.3. The van der Waals surface area contributed by atoms with Gasteiger partial charge in [0.15, 0.2) is 0 Å². The number of halogens is 1. The van der Waals surface area contributed by atoms with Gasteiger partial charge in [-0.3, -0.25) is 14.9 Å². The third-order valence-electron chi connectivity index (χ3n) is 2.63. The SMILES string of the molecule is CC(C)CN(CCC#N)C(=O)c1cc([N+](=O)[O-])cnc1Cl. The van der Waals surface area contributed by atoms with E-state index in [1.54, 1.807) is 0 Å². The highest BCUT2D eigenvalue weighted by Crippen LogP contribution is 2.21. The van der Waals surface area contributed by atoms with Crippen LogP contribution >= 0.6 is 11.6 Å². The minimum Gasteiger partial charge on any atom is -0.337 e. The normalized spacial score (nSPS) is 10.2. The Morgan fingerprint density at radius 3 is 2.81 bits per heavy atom. The van der Waals surface area contributed by atoms with Crippen molar-refractivity contribution in [2.24, 2.45) is 5.92 Å². The molecule has 1 aromatic rings. The molecule has 0 radical (unpaired) electrons. The first kappa shape index (κ1) is 16.9. The van der Waals surface area contributed by atoms with E-state index in [4.69, 9.17) is 16.9 Å². The largest absolute Gasteiger partial charge is 0.337 e. The molecule has 8 heteroatoms. The molecule has 112 valence electrons. The van der Waals surface area contributed by atoms with Gasteiger partial charge in [0, 0.05) is 19.2 Å². The van der Waals surface area contributed by atoms with Gasteiger partial charge >= 0.3 is 0 Å². The molecule has 0 fully saturated rings. The maximum absolute atomic E-state index is 12.5. The summed E-state index contributed by atoms with van der Waals surface area (Å²) in [6.45, 7) is 4.53. The summed E-state index contributed by atoms with van der Waals surface area (Å²) < 4.78 is 0. The molecule has 0 atom stereocenters. The first-order valence-corrected chi connectivity index (χ1v) is 6.70. The molecule has 1 amide bonds. The van der Waals surface area contributed by atoms with E-state index in [9.17, 15) is 14.9 Å². The smallest absolute Gasteiger partial charge is 0.288 e. The molecular formula is C13H15ClN4O3. The van der Waals surface area contributed by atoms with Gasteiger partial charge in [-0.15, -0.1) is 0 Å². The second-order valence-corrected chi connectivity index (χ2v) is 5.20. The van der Waals surface area contributed by atoms with Crippen molar-refractivity contribution in [3.8, 4) is 6.07 Å². The van der Waals surface area contributed by atoms with E-state index < -0.39 is 10.8 Å². The first-order valence-electron chi connectivity index (χ1n) is 6.33. The van der Waals surface area contributed by atoms with Gasteiger partial charge < -0.3 is 4.90 Å². The number of carbonyl (C=O) groups excluding carboxylic acids is 1. The molecule has 0 aromatic carbocycles. The Bertz CT molecular complexity index is 583. The van der Waals surface area contributed by atoms with Gasteiger partial charge in [-0.2, -0.15) is 5.26 Å². The van der Waals surface area contributed by atoms with Crippen LogP contribution in [0.2, 0.25) is 5.15 Å².